The van der Waals surface area contributed by atoms with Crippen LogP contribution in [0.3, 0.4) is 0 Å². The number of aryl methyl sites for hydroxylation is 2. The van der Waals surface area contributed by atoms with Gasteiger partial charge in [0.25, 0.3) is 5.91 Å². The van der Waals surface area contributed by atoms with Crippen LogP contribution in [0.25, 0.3) is 11.6 Å². The molecule has 5 N–H and O–H groups in total. The van der Waals surface area contributed by atoms with E-state index in [0.717, 1.165) is 28.6 Å². The highest BCUT2D eigenvalue weighted by molar-refractivity contribution is 6.35. The second-order valence-electron chi connectivity index (χ2n) is 9.16. The van der Waals surface area contributed by atoms with Crippen molar-refractivity contribution >= 4 is 52.0 Å². The quantitative estimate of drug-likeness (QED) is 0.172. The summed E-state index contributed by atoms with van der Waals surface area (Å²) in [5, 5.41) is 11.3. The van der Waals surface area contributed by atoms with Crippen molar-refractivity contribution < 1.29 is 22.8 Å². The smallest absolute Gasteiger partial charge is 0.362 e. The molecule has 7 nitrogen and oxygen atoms in total. The maximum absolute atomic E-state index is 13.2. The number of nitrogens with one attached hydrogen (secondary N) is 5. The van der Waals surface area contributed by atoms with Gasteiger partial charge in [0, 0.05) is 40.2 Å². The van der Waals surface area contributed by atoms with E-state index in [1.165, 1.54) is 19.1 Å². The number of urea groups is 1. The fourth-order valence-electron chi connectivity index (χ4n) is 4.29. The molecule has 198 valence electrons. The highest BCUT2D eigenvalue weighted by atomic mass is 19.4. The number of anilines is 5. The number of alkyl halides is 3. The SMILES string of the molecule is Cc1ccc(NC(=O)Nc2ccc(C)c(C(F)(F)F)c2)cc1Nc1ccc2c(c1)NC(=O)/C2=C/c1ccc[nH]1. The molecule has 1 aromatic heterocycles. The van der Waals surface area contributed by atoms with Gasteiger partial charge < -0.3 is 26.3 Å². The number of H-pyrrole nitrogens is 1. The Hall–Kier alpha value is -4.99. The second kappa shape index (κ2) is 10.1. The Morgan fingerprint density at radius 3 is 2.26 bits per heavy atom. The van der Waals surface area contributed by atoms with Gasteiger partial charge in [0.15, 0.2) is 0 Å². The van der Waals surface area contributed by atoms with Crippen molar-refractivity contribution in [2.24, 2.45) is 0 Å². The van der Waals surface area contributed by atoms with E-state index in [0.29, 0.717) is 22.6 Å². The van der Waals surface area contributed by atoms with Gasteiger partial charge in [-0.3, -0.25) is 4.79 Å². The van der Waals surface area contributed by atoms with Gasteiger partial charge in [-0.05, 0) is 79.6 Å². The molecular formula is C29H24F3N5O2. The zero-order valence-corrected chi connectivity index (χ0v) is 21.0. The Morgan fingerprint density at radius 1 is 0.872 bits per heavy atom. The van der Waals surface area contributed by atoms with Crippen molar-refractivity contribution in [2.45, 2.75) is 20.0 Å². The molecule has 2 heterocycles. The van der Waals surface area contributed by atoms with E-state index in [4.69, 9.17) is 0 Å². The molecule has 0 saturated heterocycles. The third-order valence-corrected chi connectivity index (χ3v) is 6.30. The minimum Gasteiger partial charge on any atom is -0.362 e. The van der Waals surface area contributed by atoms with E-state index in [1.54, 1.807) is 30.5 Å². The average molecular weight is 532 g/mol. The molecule has 5 rings (SSSR count). The molecule has 39 heavy (non-hydrogen) atoms. The molecule has 0 aliphatic carbocycles. The van der Waals surface area contributed by atoms with Crippen LogP contribution in [-0.4, -0.2) is 16.9 Å². The van der Waals surface area contributed by atoms with Crippen molar-refractivity contribution in [1.29, 1.82) is 0 Å². The summed E-state index contributed by atoms with van der Waals surface area (Å²) in [7, 11) is 0. The topological polar surface area (TPSA) is 98.0 Å². The molecule has 0 saturated carbocycles. The van der Waals surface area contributed by atoms with Crippen LogP contribution in [0.4, 0.5) is 46.4 Å². The monoisotopic (exact) mass is 531 g/mol. The predicted octanol–water partition coefficient (Wildman–Crippen LogP) is 7.53. The normalized spacial score (nSPS) is 13.7. The molecule has 1 aliphatic rings. The standard InChI is InChI=1S/C29H24F3N5O2/c1-16-5-7-19(13-24(16)29(30,31)32)35-28(39)36-21-8-6-17(2)25(14-21)34-20-9-10-22-23(12-18-4-3-11-33-18)27(38)37-26(22)15-20/h3-15,33-34H,1-2H3,(H,37,38)(H2,35,36,39)/b23-12+. The highest BCUT2D eigenvalue weighted by Crippen LogP contribution is 2.36. The van der Waals surface area contributed by atoms with Crippen molar-refractivity contribution in [1.82, 2.24) is 4.98 Å². The fraction of sp³-hybridized carbons (Fsp3) is 0.103. The lowest BCUT2D eigenvalue weighted by atomic mass is 10.1. The molecule has 3 aromatic carbocycles. The summed E-state index contributed by atoms with van der Waals surface area (Å²) in [4.78, 5) is 28.1. The van der Waals surface area contributed by atoms with Gasteiger partial charge in [0.05, 0.1) is 16.8 Å². The first-order chi connectivity index (χ1) is 18.6. The van der Waals surface area contributed by atoms with E-state index >= 15 is 0 Å². The molecule has 0 unspecified atom stereocenters. The maximum atomic E-state index is 13.2. The van der Waals surface area contributed by atoms with Crippen LogP contribution in [0.15, 0.2) is 72.9 Å². The molecule has 1 aliphatic heterocycles. The molecule has 0 spiro atoms. The summed E-state index contributed by atoms with van der Waals surface area (Å²) in [5.41, 5.74) is 4.89. The van der Waals surface area contributed by atoms with Crippen LogP contribution in [0.1, 0.15) is 27.9 Å². The number of carbonyl (C=O) groups is 2. The average Bonchev–Trinajstić information content (AvgIpc) is 3.49. The minimum absolute atomic E-state index is 0.0285. The lowest BCUT2D eigenvalue weighted by molar-refractivity contribution is -0.138. The van der Waals surface area contributed by atoms with Gasteiger partial charge in [-0.15, -0.1) is 0 Å². The lowest BCUT2D eigenvalue weighted by Gasteiger charge is -2.15. The van der Waals surface area contributed by atoms with E-state index in [-0.39, 0.29) is 17.2 Å². The highest BCUT2D eigenvalue weighted by Gasteiger charge is 2.32. The summed E-state index contributed by atoms with van der Waals surface area (Å²) in [6.07, 6.45) is -0.941. The molecule has 0 radical (unpaired) electrons. The van der Waals surface area contributed by atoms with Crippen LogP contribution in [0, 0.1) is 13.8 Å². The Labute approximate surface area is 222 Å². The van der Waals surface area contributed by atoms with E-state index < -0.39 is 17.8 Å². The zero-order valence-electron chi connectivity index (χ0n) is 21.0. The van der Waals surface area contributed by atoms with Crippen LogP contribution in [0.5, 0.6) is 0 Å². The summed E-state index contributed by atoms with van der Waals surface area (Å²) < 4.78 is 39.6. The van der Waals surface area contributed by atoms with Crippen LogP contribution in [0.2, 0.25) is 0 Å². The first-order valence-corrected chi connectivity index (χ1v) is 12.0. The number of aromatic amines is 1. The molecule has 10 heteroatoms. The molecule has 0 bridgehead atoms. The Kier molecular flexibility index (Phi) is 6.61. The van der Waals surface area contributed by atoms with Crippen LogP contribution in [-0.2, 0) is 11.0 Å². The van der Waals surface area contributed by atoms with Crippen molar-refractivity contribution in [3.8, 4) is 0 Å². The van der Waals surface area contributed by atoms with Gasteiger partial charge in [0.1, 0.15) is 0 Å². The molecular weight excluding hydrogens is 507 g/mol. The number of carbonyl (C=O) groups excluding carboxylic acids is 2. The van der Waals surface area contributed by atoms with Crippen molar-refractivity contribution in [3.05, 3.63) is 101 Å². The van der Waals surface area contributed by atoms with Crippen LogP contribution < -0.4 is 21.3 Å². The number of halogens is 3. The van der Waals surface area contributed by atoms with Crippen molar-refractivity contribution in [2.75, 3.05) is 21.3 Å². The zero-order chi connectivity index (χ0) is 27.7. The summed E-state index contributed by atoms with van der Waals surface area (Å²) in [6, 6.07) is 17.4. The number of rotatable bonds is 5. The molecule has 0 fully saturated rings. The summed E-state index contributed by atoms with van der Waals surface area (Å²) in [6.45, 7) is 3.25. The number of hydrogen-bond donors (Lipinski definition) is 5. The van der Waals surface area contributed by atoms with Gasteiger partial charge >= 0.3 is 12.2 Å². The van der Waals surface area contributed by atoms with E-state index in [9.17, 15) is 22.8 Å². The number of amides is 3. The molecule has 4 aromatic rings. The third kappa shape index (κ3) is 5.64. The molecule has 3 amide bonds. The van der Waals surface area contributed by atoms with Crippen LogP contribution >= 0.6 is 0 Å². The third-order valence-electron chi connectivity index (χ3n) is 6.30. The Morgan fingerprint density at radius 2 is 1.56 bits per heavy atom. The largest absolute Gasteiger partial charge is 0.416 e. The minimum atomic E-state index is -4.52. The first-order valence-electron chi connectivity index (χ1n) is 12.0. The van der Waals surface area contributed by atoms with Gasteiger partial charge in [0.2, 0.25) is 0 Å². The van der Waals surface area contributed by atoms with Gasteiger partial charge in [-0.25, -0.2) is 4.79 Å². The molecule has 0 atom stereocenters. The predicted molar refractivity (Wildman–Crippen MR) is 147 cm³/mol. The van der Waals surface area contributed by atoms with E-state index in [2.05, 4.69) is 26.3 Å². The summed E-state index contributed by atoms with van der Waals surface area (Å²) in [5.74, 6) is -0.193. The number of aromatic nitrogens is 1. The first kappa shape index (κ1) is 25.7. The Balaban J connectivity index is 1.30. The van der Waals surface area contributed by atoms with Crippen molar-refractivity contribution in [3.63, 3.8) is 0 Å². The number of hydrogen-bond acceptors (Lipinski definition) is 3. The summed E-state index contributed by atoms with van der Waals surface area (Å²) >= 11 is 0. The fourth-order valence-corrected chi connectivity index (χ4v) is 4.29. The second-order valence-corrected chi connectivity index (χ2v) is 9.16. The maximum Gasteiger partial charge on any atom is 0.416 e. The Bertz CT molecular complexity index is 1610. The van der Waals surface area contributed by atoms with Gasteiger partial charge in [-0.1, -0.05) is 18.2 Å². The lowest BCUT2D eigenvalue weighted by Crippen LogP contribution is -2.20. The number of benzene rings is 3. The van der Waals surface area contributed by atoms with Gasteiger partial charge in [-0.2, -0.15) is 13.2 Å². The number of fused-ring (bicyclic) bond motifs is 1. The van der Waals surface area contributed by atoms with E-state index in [1.807, 2.05) is 37.3 Å².